The molecule has 0 aromatic heterocycles. The molecule has 1 rings (SSSR count). The molecule has 0 aliphatic heterocycles. The molecular formula is C8H8NNa. The van der Waals surface area contributed by atoms with Crippen molar-refractivity contribution in [2.45, 2.75) is 6.42 Å². The van der Waals surface area contributed by atoms with E-state index >= 15 is 0 Å². The van der Waals surface area contributed by atoms with E-state index in [0.29, 0.717) is 6.42 Å². The molecule has 0 spiro atoms. The molecule has 46 valence electrons. The van der Waals surface area contributed by atoms with Gasteiger partial charge in [0.15, 0.2) is 0 Å². The summed E-state index contributed by atoms with van der Waals surface area (Å²) in [4.78, 5) is 0. The van der Waals surface area contributed by atoms with Gasteiger partial charge in [-0.1, -0.05) is 30.3 Å². The van der Waals surface area contributed by atoms with Crippen LogP contribution in [0.15, 0.2) is 30.3 Å². The third-order valence-corrected chi connectivity index (χ3v) is 1.13. The van der Waals surface area contributed by atoms with E-state index in [-0.39, 0.29) is 31.0 Å². The molecule has 0 bridgehead atoms. The standard InChI is InChI=1S/C8H7N.Na.H/c9-7-6-8-4-2-1-3-5-8;;/h1-5H,6H2;;/q;+1;-1. The molecular weight excluding hydrogens is 133 g/mol. The van der Waals surface area contributed by atoms with Crippen LogP contribution in [0.2, 0.25) is 0 Å². The Kier molecular flexibility index (Phi) is 5.33. The van der Waals surface area contributed by atoms with Crippen LogP contribution in [0.5, 0.6) is 0 Å². The molecule has 1 nitrogen and oxygen atoms in total. The van der Waals surface area contributed by atoms with Crippen LogP contribution < -0.4 is 29.6 Å². The van der Waals surface area contributed by atoms with Crippen molar-refractivity contribution >= 4 is 0 Å². The summed E-state index contributed by atoms with van der Waals surface area (Å²) < 4.78 is 0. The maximum Gasteiger partial charge on any atom is 1.00 e. The van der Waals surface area contributed by atoms with E-state index in [1.54, 1.807) is 0 Å². The molecule has 0 N–H and O–H groups in total. The van der Waals surface area contributed by atoms with Crippen LogP contribution in [0, 0.1) is 11.3 Å². The number of nitrogens with zero attached hydrogens (tertiary/aromatic N) is 1. The largest absolute Gasteiger partial charge is 1.00 e. The number of benzene rings is 1. The Hall–Kier alpha value is -0.290. The maximum absolute atomic E-state index is 8.27. The zero-order chi connectivity index (χ0) is 6.53. The molecule has 0 saturated heterocycles. The Morgan fingerprint density at radius 1 is 1.30 bits per heavy atom. The van der Waals surface area contributed by atoms with Gasteiger partial charge >= 0.3 is 29.6 Å². The summed E-state index contributed by atoms with van der Waals surface area (Å²) in [5.41, 5.74) is 1.08. The van der Waals surface area contributed by atoms with Crippen LogP contribution in [0.3, 0.4) is 0 Å². The fourth-order valence-electron chi connectivity index (χ4n) is 0.687. The first kappa shape index (κ1) is 9.71. The van der Waals surface area contributed by atoms with Gasteiger partial charge in [-0.05, 0) is 5.56 Å². The van der Waals surface area contributed by atoms with Gasteiger partial charge in [-0.15, -0.1) is 0 Å². The van der Waals surface area contributed by atoms with Gasteiger partial charge in [0.25, 0.3) is 0 Å². The minimum Gasteiger partial charge on any atom is -1.00 e. The third-order valence-electron chi connectivity index (χ3n) is 1.13. The second kappa shape index (κ2) is 5.49. The van der Waals surface area contributed by atoms with E-state index in [1.807, 2.05) is 30.3 Å². The Morgan fingerprint density at radius 2 is 1.90 bits per heavy atom. The first-order valence-electron chi connectivity index (χ1n) is 2.84. The van der Waals surface area contributed by atoms with Gasteiger partial charge in [0, 0.05) is 0 Å². The van der Waals surface area contributed by atoms with Crippen molar-refractivity contribution in [3.05, 3.63) is 35.9 Å². The Bertz CT molecular complexity index is 217. The molecule has 0 fully saturated rings. The molecule has 0 unspecified atom stereocenters. The number of nitriles is 1. The predicted octanol–water partition coefficient (Wildman–Crippen LogP) is -1.13. The van der Waals surface area contributed by atoms with Crippen LogP contribution in [-0.2, 0) is 6.42 Å². The number of rotatable bonds is 1. The second-order valence-electron chi connectivity index (χ2n) is 1.82. The molecule has 1 aromatic carbocycles. The molecule has 0 saturated carbocycles. The summed E-state index contributed by atoms with van der Waals surface area (Å²) in [7, 11) is 0. The number of hydrogen-bond donors (Lipinski definition) is 0. The normalized spacial score (nSPS) is 7.50. The molecule has 0 aliphatic rings. The molecule has 0 aliphatic carbocycles. The van der Waals surface area contributed by atoms with Crippen molar-refractivity contribution in [3.8, 4) is 6.07 Å². The molecule has 0 heterocycles. The van der Waals surface area contributed by atoms with Crippen molar-refractivity contribution < 1.29 is 31.0 Å². The summed E-state index contributed by atoms with van der Waals surface area (Å²) in [6, 6.07) is 11.8. The van der Waals surface area contributed by atoms with Gasteiger partial charge in [-0.3, -0.25) is 0 Å². The van der Waals surface area contributed by atoms with Crippen molar-refractivity contribution in [2.75, 3.05) is 0 Å². The minimum absolute atomic E-state index is 0. The zero-order valence-corrected chi connectivity index (χ0v) is 8.04. The van der Waals surface area contributed by atoms with Crippen molar-refractivity contribution in [1.29, 1.82) is 5.26 Å². The SMILES string of the molecule is N#CCc1ccccc1.[H-].[Na+]. The van der Waals surface area contributed by atoms with Gasteiger partial charge in [0.2, 0.25) is 0 Å². The molecule has 0 atom stereocenters. The third kappa shape index (κ3) is 3.03. The van der Waals surface area contributed by atoms with Gasteiger partial charge in [-0.2, -0.15) is 5.26 Å². The van der Waals surface area contributed by atoms with E-state index in [9.17, 15) is 0 Å². The van der Waals surface area contributed by atoms with Gasteiger partial charge in [0.05, 0.1) is 12.5 Å². The van der Waals surface area contributed by atoms with E-state index in [1.165, 1.54) is 0 Å². The zero-order valence-electron chi connectivity index (χ0n) is 7.04. The van der Waals surface area contributed by atoms with Gasteiger partial charge in [-0.25, -0.2) is 0 Å². The summed E-state index contributed by atoms with van der Waals surface area (Å²) >= 11 is 0. The molecule has 0 amide bonds. The topological polar surface area (TPSA) is 23.8 Å². The van der Waals surface area contributed by atoms with Crippen molar-refractivity contribution in [2.24, 2.45) is 0 Å². The van der Waals surface area contributed by atoms with Crippen molar-refractivity contribution in [1.82, 2.24) is 0 Å². The monoisotopic (exact) mass is 141 g/mol. The first-order valence-corrected chi connectivity index (χ1v) is 2.84. The van der Waals surface area contributed by atoms with Gasteiger partial charge in [0.1, 0.15) is 0 Å². The average molecular weight is 141 g/mol. The summed E-state index contributed by atoms with van der Waals surface area (Å²) in [5, 5.41) is 8.27. The average Bonchev–Trinajstić information content (AvgIpc) is 1.91. The van der Waals surface area contributed by atoms with Crippen LogP contribution in [-0.4, -0.2) is 0 Å². The predicted molar refractivity (Wildman–Crippen MR) is 36.9 cm³/mol. The Labute approximate surface area is 84.5 Å². The fraction of sp³-hybridized carbons (Fsp3) is 0.125. The Balaban J connectivity index is 0. The molecule has 1 aromatic rings. The number of hydrogen-bond acceptors (Lipinski definition) is 1. The summed E-state index contributed by atoms with van der Waals surface area (Å²) in [6.45, 7) is 0. The van der Waals surface area contributed by atoms with E-state index in [2.05, 4.69) is 6.07 Å². The van der Waals surface area contributed by atoms with Gasteiger partial charge < -0.3 is 1.43 Å². The summed E-state index contributed by atoms with van der Waals surface area (Å²) in [6.07, 6.45) is 0.515. The quantitative estimate of drug-likeness (QED) is 0.454. The fourth-order valence-corrected chi connectivity index (χ4v) is 0.687. The first-order chi connectivity index (χ1) is 4.43. The van der Waals surface area contributed by atoms with E-state index < -0.39 is 0 Å². The van der Waals surface area contributed by atoms with Crippen LogP contribution in [0.1, 0.15) is 6.99 Å². The van der Waals surface area contributed by atoms with Crippen LogP contribution >= 0.6 is 0 Å². The molecule has 0 radical (unpaired) electrons. The van der Waals surface area contributed by atoms with E-state index in [4.69, 9.17) is 5.26 Å². The Morgan fingerprint density at radius 3 is 2.40 bits per heavy atom. The van der Waals surface area contributed by atoms with Crippen molar-refractivity contribution in [3.63, 3.8) is 0 Å². The maximum atomic E-state index is 8.27. The minimum atomic E-state index is 0. The van der Waals surface area contributed by atoms with Crippen LogP contribution in [0.25, 0.3) is 0 Å². The van der Waals surface area contributed by atoms with E-state index in [0.717, 1.165) is 5.56 Å². The molecule has 10 heavy (non-hydrogen) atoms. The molecule has 2 heteroatoms. The second-order valence-corrected chi connectivity index (χ2v) is 1.82. The van der Waals surface area contributed by atoms with Crippen LogP contribution in [0.4, 0.5) is 0 Å². The summed E-state index contributed by atoms with van der Waals surface area (Å²) in [5.74, 6) is 0. The smallest absolute Gasteiger partial charge is 1.00 e.